The SMILES string of the molecule is CCn1cc(NC(=O)C2CNC2)ccc1=O. The van der Waals surface area contributed by atoms with Gasteiger partial charge in [-0.15, -0.1) is 0 Å². The molecule has 1 amide bonds. The van der Waals surface area contributed by atoms with Gasteiger partial charge in [0.2, 0.25) is 5.91 Å². The molecule has 0 saturated carbocycles. The number of amides is 1. The molecular weight excluding hydrogens is 206 g/mol. The van der Waals surface area contributed by atoms with E-state index in [2.05, 4.69) is 10.6 Å². The van der Waals surface area contributed by atoms with E-state index in [1.165, 1.54) is 6.07 Å². The summed E-state index contributed by atoms with van der Waals surface area (Å²) in [5, 5.41) is 5.85. The Hall–Kier alpha value is -1.62. The molecule has 0 aliphatic carbocycles. The molecule has 0 spiro atoms. The molecule has 1 fully saturated rings. The molecule has 5 heteroatoms. The van der Waals surface area contributed by atoms with Crippen molar-refractivity contribution in [2.45, 2.75) is 13.5 Å². The van der Waals surface area contributed by atoms with Crippen molar-refractivity contribution in [3.8, 4) is 0 Å². The minimum atomic E-state index is -0.0502. The van der Waals surface area contributed by atoms with Crippen LogP contribution in [0.3, 0.4) is 0 Å². The van der Waals surface area contributed by atoms with Crippen LogP contribution in [-0.2, 0) is 11.3 Å². The Morgan fingerprint density at radius 1 is 1.56 bits per heavy atom. The third kappa shape index (κ3) is 2.14. The first kappa shape index (κ1) is 10.9. The standard InChI is InChI=1S/C11H15N3O2/c1-2-14-7-9(3-4-10(14)15)13-11(16)8-5-12-6-8/h3-4,7-8,12H,2,5-6H2,1H3,(H,13,16). The molecule has 1 saturated heterocycles. The quantitative estimate of drug-likeness (QED) is 0.756. The first-order chi connectivity index (χ1) is 7.70. The van der Waals surface area contributed by atoms with Crippen LogP contribution in [0.25, 0.3) is 0 Å². The second-order valence-electron chi connectivity index (χ2n) is 3.89. The molecular formula is C11H15N3O2. The molecule has 2 N–H and O–H groups in total. The van der Waals surface area contributed by atoms with Gasteiger partial charge in [0, 0.05) is 31.9 Å². The largest absolute Gasteiger partial charge is 0.324 e. The normalized spacial score (nSPS) is 15.6. The van der Waals surface area contributed by atoms with Crippen molar-refractivity contribution in [1.29, 1.82) is 0 Å². The fourth-order valence-electron chi connectivity index (χ4n) is 1.57. The van der Waals surface area contributed by atoms with Gasteiger partial charge in [-0.3, -0.25) is 9.59 Å². The van der Waals surface area contributed by atoms with Crippen LogP contribution in [0.4, 0.5) is 5.69 Å². The zero-order valence-electron chi connectivity index (χ0n) is 9.19. The van der Waals surface area contributed by atoms with Gasteiger partial charge in [0.1, 0.15) is 0 Å². The maximum atomic E-state index is 11.6. The van der Waals surface area contributed by atoms with E-state index in [9.17, 15) is 9.59 Å². The maximum Gasteiger partial charge on any atom is 0.250 e. The predicted molar refractivity (Wildman–Crippen MR) is 61.4 cm³/mol. The van der Waals surface area contributed by atoms with Crippen LogP contribution in [0.2, 0.25) is 0 Å². The zero-order chi connectivity index (χ0) is 11.5. The molecule has 1 aliphatic rings. The number of hydrogen-bond acceptors (Lipinski definition) is 3. The van der Waals surface area contributed by atoms with Crippen LogP contribution in [-0.4, -0.2) is 23.6 Å². The average Bonchev–Trinajstić information content (AvgIpc) is 2.18. The molecule has 86 valence electrons. The first-order valence-corrected chi connectivity index (χ1v) is 5.43. The Morgan fingerprint density at radius 2 is 2.31 bits per heavy atom. The van der Waals surface area contributed by atoms with Crippen LogP contribution >= 0.6 is 0 Å². The second kappa shape index (κ2) is 4.49. The number of aryl methyl sites for hydroxylation is 1. The number of hydrogen-bond donors (Lipinski definition) is 2. The van der Waals surface area contributed by atoms with Gasteiger partial charge >= 0.3 is 0 Å². The van der Waals surface area contributed by atoms with E-state index in [0.717, 1.165) is 13.1 Å². The van der Waals surface area contributed by atoms with Crippen molar-refractivity contribution >= 4 is 11.6 Å². The molecule has 0 unspecified atom stereocenters. The van der Waals surface area contributed by atoms with E-state index in [-0.39, 0.29) is 17.4 Å². The minimum absolute atomic E-state index is 0.0139. The summed E-state index contributed by atoms with van der Waals surface area (Å²) in [7, 11) is 0. The Kier molecular flexibility index (Phi) is 3.05. The summed E-state index contributed by atoms with van der Waals surface area (Å²) in [5.74, 6) is 0.0713. The van der Waals surface area contributed by atoms with E-state index < -0.39 is 0 Å². The number of anilines is 1. The van der Waals surface area contributed by atoms with Crippen LogP contribution in [0.15, 0.2) is 23.1 Å². The summed E-state index contributed by atoms with van der Waals surface area (Å²) in [6.45, 7) is 3.97. The molecule has 1 aromatic heterocycles. The third-order valence-electron chi connectivity index (χ3n) is 2.74. The summed E-state index contributed by atoms with van der Waals surface area (Å²) >= 11 is 0. The van der Waals surface area contributed by atoms with E-state index >= 15 is 0 Å². The highest BCUT2D eigenvalue weighted by molar-refractivity contribution is 5.93. The van der Waals surface area contributed by atoms with Crippen molar-refractivity contribution in [3.63, 3.8) is 0 Å². The Balaban J connectivity index is 2.09. The highest BCUT2D eigenvalue weighted by Gasteiger charge is 2.24. The summed E-state index contributed by atoms with van der Waals surface area (Å²) in [4.78, 5) is 23.0. The fourth-order valence-corrected chi connectivity index (χ4v) is 1.57. The molecule has 2 heterocycles. The monoisotopic (exact) mass is 221 g/mol. The lowest BCUT2D eigenvalue weighted by molar-refractivity contribution is -0.121. The van der Waals surface area contributed by atoms with E-state index in [0.29, 0.717) is 12.2 Å². The number of aromatic nitrogens is 1. The van der Waals surface area contributed by atoms with Crippen molar-refractivity contribution in [1.82, 2.24) is 9.88 Å². The minimum Gasteiger partial charge on any atom is -0.324 e. The van der Waals surface area contributed by atoms with Gasteiger partial charge in [0.15, 0.2) is 0 Å². The molecule has 1 aromatic rings. The Labute approximate surface area is 93.5 Å². The number of nitrogens with zero attached hydrogens (tertiary/aromatic N) is 1. The summed E-state index contributed by atoms with van der Waals surface area (Å²) < 4.78 is 1.56. The van der Waals surface area contributed by atoms with Gasteiger partial charge in [-0.2, -0.15) is 0 Å². The molecule has 0 aromatic carbocycles. The van der Waals surface area contributed by atoms with Crippen molar-refractivity contribution in [2.75, 3.05) is 18.4 Å². The third-order valence-corrected chi connectivity index (χ3v) is 2.74. The first-order valence-electron chi connectivity index (χ1n) is 5.43. The van der Waals surface area contributed by atoms with Crippen molar-refractivity contribution in [2.24, 2.45) is 5.92 Å². The summed E-state index contributed by atoms with van der Waals surface area (Å²) in [6.07, 6.45) is 1.67. The van der Waals surface area contributed by atoms with E-state index in [1.807, 2.05) is 6.92 Å². The second-order valence-corrected chi connectivity index (χ2v) is 3.89. The molecule has 0 bridgehead atoms. The molecule has 5 nitrogen and oxygen atoms in total. The number of carbonyl (C=O) groups excluding carboxylic acids is 1. The van der Waals surface area contributed by atoms with Gasteiger partial charge in [-0.05, 0) is 13.0 Å². The Bertz CT molecular complexity index is 449. The van der Waals surface area contributed by atoms with Crippen LogP contribution in [0.1, 0.15) is 6.92 Å². The number of rotatable bonds is 3. The van der Waals surface area contributed by atoms with Gasteiger partial charge < -0.3 is 15.2 Å². The molecule has 2 rings (SSSR count). The van der Waals surface area contributed by atoms with Crippen LogP contribution in [0.5, 0.6) is 0 Å². The maximum absolute atomic E-state index is 11.6. The molecule has 0 atom stereocenters. The zero-order valence-corrected chi connectivity index (χ0v) is 9.19. The van der Waals surface area contributed by atoms with Gasteiger partial charge in [-0.1, -0.05) is 0 Å². The van der Waals surface area contributed by atoms with Gasteiger partial charge in [-0.25, -0.2) is 0 Å². The topological polar surface area (TPSA) is 63.1 Å². The lowest BCUT2D eigenvalue weighted by atomic mass is 10.0. The van der Waals surface area contributed by atoms with Crippen LogP contribution in [0, 0.1) is 5.92 Å². The molecule has 1 aliphatic heterocycles. The predicted octanol–water partition coefficient (Wildman–Crippen LogP) is 0.0261. The highest BCUT2D eigenvalue weighted by Crippen LogP contribution is 2.09. The summed E-state index contributed by atoms with van der Waals surface area (Å²) in [6, 6.07) is 3.11. The fraction of sp³-hybridized carbons (Fsp3) is 0.455. The number of carbonyl (C=O) groups is 1. The van der Waals surface area contributed by atoms with E-state index in [4.69, 9.17) is 0 Å². The highest BCUT2D eigenvalue weighted by atomic mass is 16.2. The lowest BCUT2D eigenvalue weighted by Crippen LogP contribution is -2.48. The van der Waals surface area contributed by atoms with Crippen molar-refractivity contribution in [3.05, 3.63) is 28.7 Å². The smallest absolute Gasteiger partial charge is 0.250 e. The van der Waals surface area contributed by atoms with Crippen LogP contribution < -0.4 is 16.2 Å². The van der Waals surface area contributed by atoms with E-state index in [1.54, 1.807) is 16.8 Å². The average molecular weight is 221 g/mol. The number of pyridine rings is 1. The van der Waals surface area contributed by atoms with Gasteiger partial charge in [0.05, 0.1) is 11.6 Å². The van der Waals surface area contributed by atoms with Crippen molar-refractivity contribution < 1.29 is 4.79 Å². The summed E-state index contributed by atoms with van der Waals surface area (Å²) in [5.41, 5.74) is 0.629. The van der Waals surface area contributed by atoms with Gasteiger partial charge in [0.25, 0.3) is 5.56 Å². The number of nitrogens with one attached hydrogen (secondary N) is 2. The lowest BCUT2D eigenvalue weighted by Gasteiger charge is -2.25. The molecule has 0 radical (unpaired) electrons. The Morgan fingerprint density at radius 3 is 2.88 bits per heavy atom. The molecule has 16 heavy (non-hydrogen) atoms.